The molecule has 0 bridgehead atoms. The minimum Gasteiger partial charge on any atom is -0.271 e. The van der Waals surface area contributed by atoms with E-state index in [1.165, 1.54) is 9.13 Å². The fraction of sp³-hybridized carbons (Fsp3) is 0.200. The predicted molar refractivity (Wildman–Crippen MR) is 76.4 cm³/mol. The summed E-state index contributed by atoms with van der Waals surface area (Å²) < 4.78 is 2.80. The molecule has 0 atom stereocenters. The average molecular weight is 357 g/mol. The van der Waals surface area contributed by atoms with Crippen LogP contribution in [0.2, 0.25) is 0 Å². The lowest BCUT2D eigenvalue weighted by molar-refractivity contribution is 0.712. The molecule has 0 saturated carbocycles. The van der Waals surface area contributed by atoms with Crippen molar-refractivity contribution < 1.29 is 0 Å². The molecule has 0 amide bonds. The number of hydrogen-bond acceptors (Lipinski definition) is 4. The zero-order valence-electron chi connectivity index (χ0n) is 8.96. The predicted octanol–water partition coefficient (Wildman–Crippen LogP) is 1.84. The number of rotatable bonds is 1. The van der Waals surface area contributed by atoms with Crippen LogP contribution in [0.1, 0.15) is 5.56 Å². The van der Waals surface area contributed by atoms with Gasteiger partial charge in [-0.05, 0) is 50.7 Å². The van der Waals surface area contributed by atoms with Crippen molar-refractivity contribution in [2.75, 3.05) is 4.90 Å². The van der Waals surface area contributed by atoms with Gasteiger partial charge in [0, 0.05) is 17.0 Å². The fourth-order valence-electron chi connectivity index (χ4n) is 1.90. The molecule has 7 heteroatoms. The molecule has 0 N–H and O–H groups in total. The number of hydrogen-bond donors (Lipinski definition) is 0. The number of tetrazole rings is 1. The van der Waals surface area contributed by atoms with Gasteiger partial charge in [-0.25, -0.2) is 4.68 Å². The van der Waals surface area contributed by atoms with Crippen LogP contribution in [-0.2, 0) is 13.5 Å². The number of nitrogens with zero attached hydrogens (tertiary/aromatic N) is 5. The average Bonchev–Trinajstić information content (AvgIpc) is 2.81. The maximum absolute atomic E-state index is 5.41. The monoisotopic (exact) mass is 357 g/mol. The zero-order valence-corrected chi connectivity index (χ0v) is 11.9. The molecule has 0 fully saturated rings. The van der Waals surface area contributed by atoms with Gasteiger partial charge in [-0.3, -0.25) is 4.90 Å². The summed E-state index contributed by atoms with van der Waals surface area (Å²) in [5.41, 5.74) is 2.30. The molecule has 0 aliphatic carbocycles. The van der Waals surface area contributed by atoms with Crippen LogP contribution in [0.15, 0.2) is 18.2 Å². The first-order valence-electron chi connectivity index (χ1n) is 5.00. The second-order valence-corrected chi connectivity index (χ2v) is 5.50. The molecule has 1 aliphatic heterocycles. The zero-order chi connectivity index (χ0) is 12.0. The van der Waals surface area contributed by atoms with E-state index in [0.29, 0.717) is 5.95 Å². The van der Waals surface area contributed by atoms with Crippen molar-refractivity contribution in [1.82, 2.24) is 20.2 Å². The Morgan fingerprint density at radius 3 is 2.94 bits per heavy atom. The van der Waals surface area contributed by atoms with Gasteiger partial charge < -0.3 is 0 Å². The Morgan fingerprint density at radius 2 is 2.24 bits per heavy atom. The Balaban J connectivity index is 2.17. The summed E-state index contributed by atoms with van der Waals surface area (Å²) in [7, 11) is 1.81. The molecule has 17 heavy (non-hydrogen) atoms. The van der Waals surface area contributed by atoms with Crippen LogP contribution < -0.4 is 4.90 Å². The number of halogens is 1. The highest BCUT2D eigenvalue weighted by molar-refractivity contribution is 14.1. The SMILES string of the molecule is Cn1nnnc1N1C(=S)Cc2ccc(I)cc21. The standard InChI is InChI=1S/C10H8IN5S/c1-15-10(12-13-14-15)16-8-5-7(11)3-2-6(8)4-9(16)17/h2-3,5H,4H2,1H3. The molecular weight excluding hydrogens is 349 g/mol. The molecule has 1 aromatic heterocycles. The van der Waals surface area contributed by atoms with Gasteiger partial charge in [-0.1, -0.05) is 23.4 Å². The third kappa shape index (κ3) is 1.73. The van der Waals surface area contributed by atoms with Crippen LogP contribution in [0, 0.1) is 3.57 Å². The quantitative estimate of drug-likeness (QED) is 0.576. The molecule has 0 unspecified atom stereocenters. The van der Waals surface area contributed by atoms with E-state index in [2.05, 4.69) is 56.3 Å². The molecule has 2 heterocycles. The maximum Gasteiger partial charge on any atom is 0.254 e. The Bertz CT molecular complexity index is 608. The van der Waals surface area contributed by atoms with Gasteiger partial charge >= 0.3 is 0 Å². The van der Waals surface area contributed by atoms with Crippen LogP contribution >= 0.6 is 34.8 Å². The highest BCUT2D eigenvalue weighted by Crippen LogP contribution is 2.35. The van der Waals surface area contributed by atoms with Crippen LogP contribution in [-0.4, -0.2) is 25.2 Å². The van der Waals surface area contributed by atoms with Crippen molar-refractivity contribution in [3.05, 3.63) is 27.3 Å². The third-order valence-corrected chi connectivity index (χ3v) is 3.67. The van der Waals surface area contributed by atoms with E-state index in [1.807, 2.05) is 11.9 Å². The van der Waals surface area contributed by atoms with E-state index in [0.717, 1.165) is 17.1 Å². The summed E-state index contributed by atoms with van der Waals surface area (Å²) in [6.45, 7) is 0. The van der Waals surface area contributed by atoms with Crippen molar-refractivity contribution >= 4 is 51.4 Å². The summed E-state index contributed by atoms with van der Waals surface area (Å²) in [5.74, 6) is 0.663. The van der Waals surface area contributed by atoms with E-state index in [1.54, 1.807) is 4.68 Å². The van der Waals surface area contributed by atoms with Crippen molar-refractivity contribution in [1.29, 1.82) is 0 Å². The van der Waals surface area contributed by atoms with Crippen molar-refractivity contribution in [2.45, 2.75) is 6.42 Å². The Labute approximate surface area is 117 Å². The smallest absolute Gasteiger partial charge is 0.254 e. The molecule has 1 aromatic carbocycles. The number of anilines is 2. The second kappa shape index (κ2) is 3.98. The van der Waals surface area contributed by atoms with Gasteiger partial charge in [0.05, 0.1) is 10.7 Å². The minimum absolute atomic E-state index is 0.663. The van der Waals surface area contributed by atoms with Crippen molar-refractivity contribution in [3.8, 4) is 0 Å². The first-order valence-corrected chi connectivity index (χ1v) is 6.49. The normalized spacial score (nSPS) is 14.2. The second-order valence-electron chi connectivity index (χ2n) is 3.78. The summed E-state index contributed by atoms with van der Waals surface area (Å²) >= 11 is 7.70. The topological polar surface area (TPSA) is 46.8 Å². The largest absolute Gasteiger partial charge is 0.271 e. The van der Waals surface area contributed by atoms with Crippen LogP contribution in [0.5, 0.6) is 0 Å². The Morgan fingerprint density at radius 1 is 1.41 bits per heavy atom. The molecular formula is C10H8IN5S. The van der Waals surface area contributed by atoms with Gasteiger partial charge in [0.15, 0.2) is 0 Å². The van der Waals surface area contributed by atoms with Crippen molar-refractivity contribution in [2.24, 2.45) is 7.05 Å². The maximum atomic E-state index is 5.41. The lowest BCUT2D eigenvalue weighted by Gasteiger charge is -2.16. The summed E-state index contributed by atoms with van der Waals surface area (Å²) in [6.07, 6.45) is 0.772. The number of fused-ring (bicyclic) bond motifs is 1. The van der Waals surface area contributed by atoms with Crippen molar-refractivity contribution in [3.63, 3.8) is 0 Å². The molecule has 0 saturated heterocycles. The van der Waals surface area contributed by atoms with E-state index in [9.17, 15) is 0 Å². The summed E-state index contributed by atoms with van der Waals surface area (Å²) in [5, 5.41) is 11.5. The summed E-state index contributed by atoms with van der Waals surface area (Å²) in [6, 6.07) is 6.29. The highest BCUT2D eigenvalue weighted by Gasteiger charge is 2.28. The van der Waals surface area contributed by atoms with Gasteiger partial charge in [-0.15, -0.1) is 0 Å². The van der Waals surface area contributed by atoms with Gasteiger partial charge in [-0.2, -0.15) is 0 Å². The molecule has 2 aromatic rings. The Hall–Kier alpha value is -1.09. The number of benzene rings is 1. The molecule has 86 valence electrons. The fourth-order valence-corrected chi connectivity index (χ4v) is 2.71. The number of aryl methyl sites for hydroxylation is 1. The molecule has 0 radical (unpaired) electrons. The van der Waals surface area contributed by atoms with E-state index in [-0.39, 0.29) is 0 Å². The lowest BCUT2D eigenvalue weighted by atomic mass is 10.2. The lowest BCUT2D eigenvalue weighted by Crippen LogP contribution is -2.22. The Kier molecular flexibility index (Phi) is 2.58. The van der Waals surface area contributed by atoms with Gasteiger partial charge in [0.25, 0.3) is 5.95 Å². The van der Waals surface area contributed by atoms with Gasteiger partial charge in [0.2, 0.25) is 0 Å². The van der Waals surface area contributed by atoms with E-state index < -0.39 is 0 Å². The highest BCUT2D eigenvalue weighted by atomic mass is 127. The van der Waals surface area contributed by atoms with E-state index in [4.69, 9.17) is 12.2 Å². The molecule has 5 nitrogen and oxygen atoms in total. The van der Waals surface area contributed by atoms with E-state index >= 15 is 0 Å². The number of thiocarbonyl (C=S) groups is 1. The first kappa shape index (κ1) is 11.0. The molecule has 1 aliphatic rings. The number of aromatic nitrogens is 4. The first-order chi connectivity index (χ1) is 8.16. The third-order valence-electron chi connectivity index (χ3n) is 2.68. The summed E-state index contributed by atoms with van der Waals surface area (Å²) in [4.78, 5) is 2.77. The molecule has 0 spiro atoms. The minimum atomic E-state index is 0.663. The van der Waals surface area contributed by atoms with Crippen LogP contribution in [0.3, 0.4) is 0 Å². The van der Waals surface area contributed by atoms with Crippen LogP contribution in [0.25, 0.3) is 0 Å². The van der Waals surface area contributed by atoms with Crippen LogP contribution in [0.4, 0.5) is 11.6 Å². The van der Waals surface area contributed by atoms with Gasteiger partial charge in [0.1, 0.15) is 0 Å². The molecule has 3 rings (SSSR count).